The van der Waals surface area contributed by atoms with Gasteiger partial charge in [-0.2, -0.15) is 0 Å². The Hall–Kier alpha value is -0.0800. The van der Waals surface area contributed by atoms with E-state index >= 15 is 0 Å². The molecule has 2 nitrogen and oxygen atoms in total. The molecule has 1 fully saturated rings. The average molecular weight is 189 g/mol. The van der Waals surface area contributed by atoms with Crippen molar-refractivity contribution in [3.8, 4) is 0 Å². The number of hydrogen-bond acceptors (Lipinski definition) is 2. The van der Waals surface area contributed by atoms with Crippen LogP contribution in [0.3, 0.4) is 0 Å². The van der Waals surface area contributed by atoms with Crippen molar-refractivity contribution in [2.24, 2.45) is 5.73 Å². The first kappa shape index (κ1) is 15.4. The van der Waals surface area contributed by atoms with E-state index in [9.17, 15) is 0 Å². The minimum atomic E-state index is 0.441. The first-order valence-electron chi connectivity index (χ1n) is 5.61. The number of nitrogens with two attached hydrogens (primary N) is 1. The average Bonchev–Trinajstić information content (AvgIpc) is 2.25. The molecule has 82 valence electrons. The van der Waals surface area contributed by atoms with Crippen molar-refractivity contribution in [2.75, 3.05) is 7.11 Å². The number of methoxy groups -OCH3 is 1. The Bertz CT molecular complexity index is 78.2. The molecule has 0 spiro atoms. The first-order chi connectivity index (χ1) is 6.33. The molecule has 0 saturated heterocycles. The molecule has 13 heavy (non-hydrogen) atoms. The van der Waals surface area contributed by atoms with Gasteiger partial charge in [-0.05, 0) is 25.7 Å². The van der Waals surface area contributed by atoms with E-state index in [1.165, 1.54) is 0 Å². The second-order valence-electron chi connectivity index (χ2n) is 2.77. The quantitative estimate of drug-likeness (QED) is 0.688. The Labute approximate surface area is 83.8 Å². The maximum absolute atomic E-state index is 5.70. The zero-order valence-corrected chi connectivity index (χ0v) is 9.97. The van der Waals surface area contributed by atoms with E-state index in [4.69, 9.17) is 10.5 Å². The number of hydrogen-bond donors (Lipinski definition) is 1. The molecular weight excluding hydrogens is 162 g/mol. The van der Waals surface area contributed by atoms with Crippen LogP contribution in [0.4, 0.5) is 0 Å². The van der Waals surface area contributed by atoms with Gasteiger partial charge in [-0.25, -0.2) is 0 Å². The second-order valence-corrected chi connectivity index (χ2v) is 2.77. The molecule has 0 bridgehead atoms. The third kappa shape index (κ3) is 8.26. The molecule has 1 rings (SSSR count). The second kappa shape index (κ2) is 11.9. The predicted octanol–water partition coefficient (Wildman–Crippen LogP) is 2.96. The fraction of sp³-hybridized carbons (Fsp3) is 1.00. The van der Waals surface area contributed by atoms with Gasteiger partial charge in [0.2, 0.25) is 0 Å². The van der Waals surface area contributed by atoms with Crippen LogP contribution in [0, 0.1) is 0 Å². The van der Waals surface area contributed by atoms with Gasteiger partial charge in [0.25, 0.3) is 0 Å². The molecule has 0 radical (unpaired) electrons. The van der Waals surface area contributed by atoms with Crippen LogP contribution in [0.15, 0.2) is 0 Å². The molecule has 0 aromatic carbocycles. The zero-order valence-electron chi connectivity index (χ0n) is 9.97. The lowest BCUT2D eigenvalue weighted by Gasteiger charge is -2.24. The maximum Gasteiger partial charge on any atom is 0.0572 e. The Morgan fingerprint density at radius 1 is 0.923 bits per heavy atom. The van der Waals surface area contributed by atoms with Crippen LogP contribution in [-0.2, 0) is 4.74 Å². The van der Waals surface area contributed by atoms with E-state index in [1.54, 1.807) is 7.11 Å². The number of ether oxygens (including phenoxy) is 1. The topological polar surface area (TPSA) is 35.2 Å². The zero-order chi connectivity index (χ0) is 10.7. The van der Waals surface area contributed by atoms with Gasteiger partial charge >= 0.3 is 0 Å². The highest BCUT2D eigenvalue weighted by Gasteiger charge is 2.16. The van der Waals surface area contributed by atoms with E-state index in [0.717, 1.165) is 25.7 Å². The van der Waals surface area contributed by atoms with E-state index in [2.05, 4.69) is 0 Å². The van der Waals surface area contributed by atoms with Crippen molar-refractivity contribution in [3.05, 3.63) is 0 Å². The highest BCUT2D eigenvalue weighted by Crippen LogP contribution is 2.18. The summed E-state index contributed by atoms with van der Waals surface area (Å²) < 4.78 is 5.18. The largest absolute Gasteiger partial charge is 0.381 e. The molecule has 0 aliphatic heterocycles. The summed E-state index contributed by atoms with van der Waals surface area (Å²) in [5, 5.41) is 0. The van der Waals surface area contributed by atoms with Gasteiger partial charge in [0, 0.05) is 13.2 Å². The first-order valence-corrected chi connectivity index (χ1v) is 5.61. The summed E-state index contributed by atoms with van der Waals surface area (Å²) in [7, 11) is 1.78. The van der Waals surface area contributed by atoms with Crippen molar-refractivity contribution in [1.29, 1.82) is 0 Å². The van der Waals surface area contributed by atoms with Crippen molar-refractivity contribution < 1.29 is 4.74 Å². The van der Waals surface area contributed by atoms with Crippen LogP contribution in [0.25, 0.3) is 0 Å². The Balaban J connectivity index is 0. The highest BCUT2D eigenvalue weighted by molar-refractivity contribution is 4.73. The van der Waals surface area contributed by atoms with Crippen molar-refractivity contribution in [1.82, 2.24) is 0 Å². The lowest BCUT2D eigenvalue weighted by atomic mass is 9.94. The maximum atomic E-state index is 5.70. The summed E-state index contributed by atoms with van der Waals surface area (Å²) in [5.41, 5.74) is 5.70. The van der Waals surface area contributed by atoms with Crippen LogP contribution in [-0.4, -0.2) is 19.3 Å². The summed E-state index contributed by atoms with van der Waals surface area (Å²) in [6.07, 6.45) is 5.07. The Kier molecular flexibility index (Phi) is 14.1. The van der Waals surface area contributed by atoms with Crippen molar-refractivity contribution in [2.45, 2.75) is 65.5 Å². The van der Waals surface area contributed by atoms with Crippen LogP contribution in [0.1, 0.15) is 53.4 Å². The Morgan fingerprint density at radius 2 is 1.31 bits per heavy atom. The minimum Gasteiger partial charge on any atom is -0.381 e. The lowest BCUT2D eigenvalue weighted by Crippen LogP contribution is -2.29. The molecule has 1 aliphatic rings. The van der Waals surface area contributed by atoms with Gasteiger partial charge in [-0.3, -0.25) is 0 Å². The molecule has 1 aliphatic carbocycles. The van der Waals surface area contributed by atoms with Gasteiger partial charge in [0.15, 0.2) is 0 Å². The van der Waals surface area contributed by atoms with Gasteiger partial charge in [0.1, 0.15) is 0 Å². The molecule has 0 unspecified atom stereocenters. The van der Waals surface area contributed by atoms with Gasteiger partial charge in [-0.15, -0.1) is 0 Å². The van der Waals surface area contributed by atoms with Crippen LogP contribution >= 0.6 is 0 Å². The molecule has 0 atom stereocenters. The predicted molar refractivity (Wildman–Crippen MR) is 59.9 cm³/mol. The SMILES string of the molecule is CC.CC.COC1CCC(N)CC1. The van der Waals surface area contributed by atoms with Crippen LogP contribution < -0.4 is 5.73 Å². The van der Waals surface area contributed by atoms with Gasteiger partial charge in [0.05, 0.1) is 6.10 Å². The molecule has 1 saturated carbocycles. The third-order valence-electron chi connectivity index (χ3n) is 2.05. The van der Waals surface area contributed by atoms with Gasteiger partial charge in [-0.1, -0.05) is 27.7 Å². The molecule has 2 heteroatoms. The molecular formula is C11H27NO. The lowest BCUT2D eigenvalue weighted by molar-refractivity contribution is 0.0664. The number of rotatable bonds is 1. The van der Waals surface area contributed by atoms with Crippen molar-refractivity contribution >= 4 is 0 Å². The molecule has 0 aromatic rings. The summed E-state index contributed by atoms with van der Waals surface area (Å²) in [4.78, 5) is 0. The Morgan fingerprint density at radius 3 is 1.62 bits per heavy atom. The summed E-state index contributed by atoms with van der Waals surface area (Å²) in [5.74, 6) is 0. The smallest absolute Gasteiger partial charge is 0.0572 e. The highest BCUT2D eigenvalue weighted by atomic mass is 16.5. The fourth-order valence-corrected chi connectivity index (χ4v) is 1.32. The summed E-state index contributed by atoms with van der Waals surface area (Å²) >= 11 is 0. The van der Waals surface area contributed by atoms with Gasteiger partial charge < -0.3 is 10.5 Å². The standard InChI is InChI=1S/C7H15NO.2C2H6/c1-9-7-4-2-6(8)3-5-7;2*1-2/h6-7H,2-5,8H2,1H3;2*1-2H3. The normalized spacial score (nSPS) is 26.3. The fourth-order valence-electron chi connectivity index (χ4n) is 1.32. The molecule has 0 heterocycles. The molecule has 2 N–H and O–H groups in total. The summed E-state index contributed by atoms with van der Waals surface area (Å²) in [6, 6.07) is 0.441. The van der Waals surface area contributed by atoms with Crippen LogP contribution in [0.5, 0.6) is 0 Å². The minimum absolute atomic E-state index is 0.441. The van der Waals surface area contributed by atoms with E-state index in [0.29, 0.717) is 12.1 Å². The monoisotopic (exact) mass is 189 g/mol. The third-order valence-corrected chi connectivity index (χ3v) is 2.05. The van der Waals surface area contributed by atoms with Crippen molar-refractivity contribution in [3.63, 3.8) is 0 Å². The molecule has 0 aromatic heterocycles. The van der Waals surface area contributed by atoms with E-state index < -0.39 is 0 Å². The van der Waals surface area contributed by atoms with E-state index in [-0.39, 0.29) is 0 Å². The van der Waals surface area contributed by atoms with Crippen LogP contribution in [0.2, 0.25) is 0 Å². The molecule has 0 amide bonds. The van der Waals surface area contributed by atoms with E-state index in [1.807, 2.05) is 27.7 Å². The summed E-state index contributed by atoms with van der Waals surface area (Å²) in [6.45, 7) is 8.00.